The van der Waals surface area contributed by atoms with Crippen molar-refractivity contribution in [2.24, 2.45) is 10.4 Å². The average molecular weight is 511 g/mol. The number of ketones is 2. The molecule has 1 aromatic heterocycles. The van der Waals surface area contributed by atoms with Crippen molar-refractivity contribution >= 4 is 17.3 Å². The molecule has 0 amide bonds. The summed E-state index contributed by atoms with van der Waals surface area (Å²) in [5, 5.41) is 15.3. The van der Waals surface area contributed by atoms with Gasteiger partial charge in [0.2, 0.25) is 0 Å². The van der Waals surface area contributed by atoms with Gasteiger partial charge in [-0.2, -0.15) is 0 Å². The van der Waals surface area contributed by atoms with E-state index < -0.39 is 0 Å². The minimum atomic E-state index is -0.209. The molecule has 1 saturated carbocycles. The molecule has 0 spiro atoms. The zero-order valence-electron chi connectivity index (χ0n) is 22.1. The summed E-state index contributed by atoms with van der Waals surface area (Å²) in [5.74, 6) is 0.635. The molecule has 0 saturated heterocycles. The molecular formula is C32H34N2O4. The molecule has 1 heterocycles. The molecule has 2 aliphatic carbocycles. The Morgan fingerprint density at radius 1 is 0.974 bits per heavy atom. The predicted molar refractivity (Wildman–Crippen MR) is 147 cm³/mol. The first-order chi connectivity index (χ1) is 18.3. The quantitative estimate of drug-likeness (QED) is 0.293. The SMILES string of the molecule is CC1(C)CC(=O)/C(=C(/O)CCc2noc3c2C(=O)CC(c2ccccc2)C3)C(=NCCc2ccccc2)C1. The normalized spacial score (nSPS) is 21.4. The second-order valence-corrected chi connectivity index (χ2v) is 11.2. The fraction of sp³-hybridized carbons (Fsp3) is 0.375. The van der Waals surface area contributed by atoms with E-state index in [0.717, 1.165) is 12.0 Å². The lowest BCUT2D eigenvalue weighted by Crippen LogP contribution is -2.33. The number of rotatable bonds is 7. The van der Waals surface area contributed by atoms with E-state index in [1.54, 1.807) is 0 Å². The van der Waals surface area contributed by atoms with Crippen LogP contribution in [0, 0.1) is 5.41 Å². The smallest absolute Gasteiger partial charge is 0.168 e. The Kier molecular flexibility index (Phi) is 7.41. The first-order valence-corrected chi connectivity index (χ1v) is 13.4. The Bertz CT molecular complexity index is 1380. The Labute approximate surface area is 223 Å². The predicted octanol–water partition coefficient (Wildman–Crippen LogP) is 6.40. The van der Waals surface area contributed by atoms with Gasteiger partial charge in [0, 0.05) is 44.4 Å². The number of hydrogen-bond donors (Lipinski definition) is 1. The topological polar surface area (TPSA) is 92.8 Å². The van der Waals surface area contributed by atoms with Gasteiger partial charge in [-0.15, -0.1) is 0 Å². The van der Waals surface area contributed by atoms with Crippen molar-refractivity contribution < 1.29 is 19.2 Å². The molecule has 1 unspecified atom stereocenters. The Balaban J connectivity index is 1.32. The molecular weight excluding hydrogens is 476 g/mol. The second kappa shape index (κ2) is 10.9. The highest BCUT2D eigenvalue weighted by Crippen LogP contribution is 2.37. The molecule has 0 aliphatic heterocycles. The summed E-state index contributed by atoms with van der Waals surface area (Å²) in [7, 11) is 0. The van der Waals surface area contributed by atoms with E-state index in [0.29, 0.717) is 67.0 Å². The number of hydrogen-bond acceptors (Lipinski definition) is 6. The van der Waals surface area contributed by atoms with E-state index in [1.165, 1.54) is 5.56 Å². The average Bonchev–Trinajstić information content (AvgIpc) is 3.31. The molecule has 1 atom stereocenters. The number of benzene rings is 2. The third kappa shape index (κ3) is 5.69. The largest absolute Gasteiger partial charge is 0.511 e. The molecule has 1 fully saturated rings. The Morgan fingerprint density at radius 3 is 2.42 bits per heavy atom. The molecule has 0 bridgehead atoms. The number of carbonyl (C=O) groups is 2. The summed E-state index contributed by atoms with van der Waals surface area (Å²) in [6.07, 6.45) is 3.32. The molecule has 6 nitrogen and oxygen atoms in total. The highest BCUT2D eigenvalue weighted by Gasteiger charge is 2.37. The van der Waals surface area contributed by atoms with Crippen molar-refractivity contribution in [2.45, 2.75) is 64.7 Å². The van der Waals surface area contributed by atoms with Gasteiger partial charge in [0.1, 0.15) is 11.5 Å². The summed E-state index contributed by atoms with van der Waals surface area (Å²) in [4.78, 5) is 31.0. The minimum Gasteiger partial charge on any atom is -0.511 e. The number of aliphatic hydroxyl groups is 1. The number of aryl methyl sites for hydroxylation is 1. The van der Waals surface area contributed by atoms with Crippen LogP contribution in [0.2, 0.25) is 0 Å². The molecule has 0 radical (unpaired) electrons. The van der Waals surface area contributed by atoms with Crippen LogP contribution in [-0.2, 0) is 24.1 Å². The third-order valence-electron chi connectivity index (χ3n) is 7.53. The van der Waals surface area contributed by atoms with Crippen molar-refractivity contribution in [3.05, 3.63) is 100 Å². The van der Waals surface area contributed by atoms with Crippen LogP contribution in [-0.4, -0.2) is 34.1 Å². The fourth-order valence-electron chi connectivity index (χ4n) is 5.65. The van der Waals surface area contributed by atoms with Crippen LogP contribution in [0.3, 0.4) is 0 Å². The van der Waals surface area contributed by atoms with Crippen molar-refractivity contribution in [1.29, 1.82) is 0 Å². The monoisotopic (exact) mass is 510 g/mol. The van der Waals surface area contributed by atoms with Gasteiger partial charge in [-0.25, -0.2) is 0 Å². The number of Topliss-reactive ketones (excluding diaryl/α,β-unsaturated/α-hetero) is 2. The number of allylic oxidation sites excluding steroid dienone is 2. The van der Waals surface area contributed by atoms with E-state index in [2.05, 4.69) is 31.1 Å². The van der Waals surface area contributed by atoms with Gasteiger partial charge in [0.25, 0.3) is 0 Å². The van der Waals surface area contributed by atoms with E-state index >= 15 is 0 Å². The highest BCUT2D eigenvalue weighted by atomic mass is 16.5. The molecule has 196 valence electrons. The van der Waals surface area contributed by atoms with Gasteiger partial charge in [-0.1, -0.05) is 79.7 Å². The van der Waals surface area contributed by atoms with Gasteiger partial charge in [0.15, 0.2) is 11.6 Å². The summed E-state index contributed by atoms with van der Waals surface area (Å²) in [5.41, 5.74) is 4.19. The number of aliphatic imine (C=N–C) groups is 1. The van der Waals surface area contributed by atoms with Gasteiger partial charge in [-0.3, -0.25) is 14.6 Å². The van der Waals surface area contributed by atoms with Gasteiger partial charge in [0.05, 0.1) is 16.8 Å². The lowest BCUT2D eigenvalue weighted by molar-refractivity contribution is -0.117. The standard InChI is InChI=1S/C32H34N2O4/c1-32(2)19-25(33-16-15-21-9-5-3-6-10-21)30(28(37)20-32)26(35)14-13-24-31-27(36)17-23(18-29(31)38-34-24)22-11-7-4-8-12-22/h3-12,23,35H,13-20H2,1-2H3/b30-26+,33-25?. The van der Waals surface area contributed by atoms with Crippen molar-refractivity contribution in [3.8, 4) is 0 Å². The number of nitrogens with zero attached hydrogens (tertiary/aromatic N) is 2. The highest BCUT2D eigenvalue weighted by molar-refractivity contribution is 6.24. The molecule has 2 aromatic carbocycles. The summed E-state index contributed by atoms with van der Waals surface area (Å²) < 4.78 is 5.59. The lowest BCUT2D eigenvalue weighted by atomic mass is 9.73. The van der Waals surface area contributed by atoms with Crippen LogP contribution in [0.4, 0.5) is 0 Å². The Morgan fingerprint density at radius 2 is 1.68 bits per heavy atom. The van der Waals surface area contributed by atoms with Crippen LogP contribution >= 0.6 is 0 Å². The first kappa shape index (κ1) is 25.8. The fourth-order valence-corrected chi connectivity index (χ4v) is 5.65. The van der Waals surface area contributed by atoms with E-state index in [4.69, 9.17) is 9.52 Å². The first-order valence-electron chi connectivity index (χ1n) is 13.4. The number of fused-ring (bicyclic) bond motifs is 1. The van der Waals surface area contributed by atoms with Crippen molar-refractivity contribution in [1.82, 2.24) is 5.16 Å². The van der Waals surface area contributed by atoms with Gasteiger partial charge in [-0.05, 0) is 35.3 Å². The van der Waals surface area contributed by atoms with Crippen LogP contribution in [0.5, 0.6) is 0 Å². The third-order valence-corrected chi connectivity index (χ3v) is 7.53. The molecule has 1 N–H and O–H groups in total. The molecule has 6 heteroatoms. The van der Waals surface area contributed by atoms with E-state index in [9.17, 15) is 14.7 Å². The van der Waals surface area contributed by atoms with Crippen molar-refractivity contribution in [3.63, 3.8) is 0 Å². The van der Waals surface area contributed by atoms with Gasteiger partial charge >= 0.3 is 0 Å². The number of carbonyl (C=O) groups excluding carboxylic acids is 2. The zero-order chi connectivity index (χ0) is 26.7. The number of aliphatic hydroxyl groups excluding tert-OH is 1. The molecule has 3 aromatic rings. The number of aromatic nitrogens is 1. The lowest BCUT2D eigenvalue weighted by Gasteiger charge is -2.31. The zero-order valence-corrected chi connectivity index (χ0v) is 22.1. The minimum absolute atomic E-state index is 0.0159. The molecule has 5 rings (SSSR count). The maximum atomic E-state index is 13.1. The maximum Gasteiger partial charge on any atom is 0.168 e. The van der Waals surface area contributed by atoms with E-state index in [-0.39, 0.29) is 35.1 Å². The van der Waals surface area contributed by atoms with Crippen LogP contribution in [0.15, 0.2) is 81.5 Å². The van der Waals surface area contributed by atoms with E-state index in [1.807, 2.05) is 48.5 Å². The van der Waals surface area contributed by atoms with Crippen LogP contribution in [0.25, 0.3) is 0 Å². The van der Waals surface area contributed by atoms with Crippen LogP contribution < -0.4 is 0 Å². The second-order valence-electron chi connectivity index (χ2n) is 11.2. The summed E-state index contributed by atoms with van der Waals surface area (Å²) >= 11 is 0. The van der Waals surface area contributed by atoms with Crippen LogP contribution in [0.1, 0.15) is 78.4 Å². The van der Waals surface area contributed by atoms with Gasteiger partial charge < -0.3 is 9.63 Å². The summed E-state index contributed by atoms with van der Waals surface area (Å²) in [6.45, 7) is 4.66. The molecule has 2 aliphatic rings. The summed E-state index contributed by atoms with van der Waals surface area (Å²) in [6, 6.07) is 20.1. The maximum absolute atomic E-state index is 13.1. The molecule has 38 heavy (non-hydrogen) atoms. The van der Waals surface area contributed by atoms with Crippen molar-refractivity contribution in [2.75, 3.05) is 6.54 Å². The Hall–Kier alpha value is -3.80.